The maximum Gasteiger partial charge on any atom is 0.237 e. The van der Waals surface area contributed by atoms with Crippen LogP contribution in [0.3, 0.4) is 0 Å². The van der Waals surface area contributed by atoms with Gasteiger partial charge in [0.25, 0.3) is 0 Å². The number of hydrogen-bond acceptors (Lipinski definition) is 2. The van der Waals surface area contributed by atoms with Crippen LogP contribution < -0.4 is 10.6 Å². The molecule has 100 valence electrons. The highest BCUT2D eigenvalue weighted by molar-refractivity contribution is 5.82. The third kappa shape index (κ3) is 2.58. The lowest BCUT2D eigenvalue weighted by Crippen LogP contribution is -2.47. The summed E-state index contributed by atoms with van der Waals surface area (Å²) < 4.78 is 2.30. The molecule has 2 N–H and O–H groups in total. The van der Waals surface area contributed by atoms with Crippen molar-refractivity contribution in [2.24, 2.45) is 0 Å². The van der Waals surface area contributed by atoms with Crippen molar-refractivity contribution in [1.29, 1.82) is 0 Å². The summed E-state index contributed by atoms with van der Waals surface area (Å²) in [5.41, 5.74) is 3.89. The van der Waals surface area contributed by atoms with Gasteiger partial charge in [0.2, 0.25) is 5.91 Å². The Kier molecular flexibility index (Phi) is 4.07. The summed E-state index contributed by atoms with van der Waals surface area (Å²) >= 11 is 0. The van der Waals surface area contributed by atoms with Gasteiger partial charge in [-0.2, -0.15) is 0 Å². The summed E-state index contributed by atoms with van der Waals surface area (Å²) in [6, 6.07) is 2.19. The van der Waals surface area contributed by atoms with Gasteiger partial charge < -0.3 is 15.2 Å². The van der Waals surface area contributed by atoms with Gasteiger partial charge in [0.15, 0.2) is 0 Å². The van der Waals surface area contributed by atoms with Crippen molar-refractivity contribution in [1.82, 2.24) is 15.2 Å². The molecule has 4 heteroatoms. The fraction of sp³-hybridized carbons (Fsp3) is 0.643. The number of piperidine rings is 1. The first kappa shape index (κ1) is 13.1. The molecule has 1 unspecified atom stereocenters. The number of aryl methyl sites for hydroxylation is 1. The molecule has 0 bridgehead atoms. The zero-order valence-corrected chi connectivity index (χ0v) is 11.5. The van der Waals surface area contributed by atoms with Crippen molar-refractivity contribution in [3.63, 3.8) is 0 Å². The lowest BCUT2D eigenvalue weighted by Gasteiger charge is -2.22. The average molecular weight is 249 g/mol. The maximum absolute atomic E-state index is 11.6. The number of nitrogens with zero attached hydrogens (tertiary/aromatic N) is 1. The molecule has 0 saturated carbocycles. The predicted molar refractivity (Wildman–Crippen MR) is 72.5 cm³/mol. The molecular formula is C14H23N3O. The summed E-state index contributed by atoms with van der Waals surface area (Å²) in [5.74, 6) is 0.144. The summed E-state index contributed by atoms with van der Waals surface area (Å²) in [6.45, 7) is 9.04. The molecule has 0 spiro atoms. The van der Waals surface area contributed by atoms with E-state index in [1.807, 2.05) is 0 Å². The van der Waals surface area contributed by atoms with Gasteiger partial charge >= 0.3 is 0 Å². The number of carbonyl (C=O) groups is 1. The molecule has 1 aliphatic rings. The molecule has 18 heavy (non-hydrogen) atoms. The Bertz CT molecular complexity index is 436. The van der Waals surface area contributed by atoms with E-state index in [0.29, 0.717) is 0 Å². The molecule has 1 aromatic heterocycles. The van der Waals surface area contributed by atoms with Gasteiger partial charge in [-0.3, -0.25) is 4.79 Å². The number of amides is 1. The van der Waals surface area contributed by atoms with Gasteiger partial charge in [0.1, 0.15) is 0 Å². The molecule has 2 heterocycles. The van der Waals surface area contributed by atoms with Crippen molar-refractivity contribution < 1.29 is 4.79 Å². The molecule has 1 amide bonds. The van der Waals surface area contributed by atoms with Crippen LogP contribution >= 0.6 is 0 Å². The molecular weight excluding hydrogens is 226 g/mol. The monoisotopic (exact) mass is 249 g/mol. The fourth-order valence-electron chi connectivity index (χ4n) is 2.74. The van der Waals surface area contributed by atoms with E-state index in [-0.39, 0.29) is 11.9 Å². The highest BCUT2D eigenvalue weighted by atomic mass is 16.2. The summed E-state index contributed by atoms with van der Waals surface area (Å²) in [4.78, 5) is 11.6. The molecule has 4 nitrogen and oxygen atoms in total. The SMILES string of the molecule is CCn1c(C)cc(CNC2CCCNC2=O)c1C. The average Bonchev–Trinajstić information content (AvgIpc) is 2.63. The fourth-order valence-corrected chi connectivity index (χ4v) is 2.74. The van der Waals surface area contributed by atoms with E-state index in [4.69, 9.17) is 0 Å². The summed E-state index contributed by atoms with van der Waals surface area (Å²) in [5, 5.41) is 6.27. The predicted octanol–water partition coefficient (Wildman–Crippen LogP) is 1.49. The number of aromatic nitrogens is 1. The van der Waals surface area contributed by atoms with Crippen molar-refractivity contribution in [3.8, 4) is 0 Å². The standard InChI is InChI=1S/C14H23N3O/c1-4-17-10(2)8-12(11(17)3)9-16-13-6-5-7-15-14(13)18/h8,13,16H,4-7,9H2,1-3H3,(H,15,18). The van der Waals surface area contributed by atoms with E-state index in [9.17, 15) is 4.79 Å². The topological polar surface area (TPSA) is 46.1 Å². The van der Waals surface area contributed by atoms with E-state index >= 15 is 0 Å². The first-order valence-electron chi connectivity index (χ1n) is 6.80. The Morgan fingerprint density at radius 3 is 2.89 bits per heavy atom. The Balaban J connectivity index is 1.99. The van der Waals surface area contributed by atoms with E-state index in [2.05, 4.69) is 42.0 Å². The van der Waals surface area contributed by atoms with Crippen LogP contribution in [0.4, 0.5) is 0 Å². The molecule has 1 atom stereocenters. The second kappa shape index (κ2) is 5.57. The molecule has 1 aliphatic heterocycles. The van der Waals surface area contributed by atoms with Crippen LogP contribution in [-0.4, -0.2) is 23.1 Å². The Hall–Kier alpha value is -1.29. The van der Waals surface area contributed by atoms with Crippen LogP contribution in [0.5, 0.6) is 0 Å². The molecule has 1 saturated heterocycles. The Morgan fingerprint density at radius 2 is 2.28 bits per heavy atom. The van der Waals surface area contributed by atoms with E-state index in [0.717, 1.165) is 32.5 Å². The van der Waals surface area contributed by atoms with Crippen molar-refractivity contribution in [2.75, 3.05) is 6.54 Å². The van der Waals surface area contributed by atoms with Crippen LogP contribution in [0.2, 0.25) is 0 Å². The normalized spacial score (nSPS) is 19.9. The lowest BCUT2D eigenvalue weighted by atomic mass is 10.1. The van der Waals surface area contributed by atoms with E-state index < -0.39 is 0 Å². The molecule has 0 radical (unpaired) electrons. The van der Waals surface area contributed by atoms with Crippen molar-refractivity contribution in [2.45, 2.75) is 52.7 Å². The minimum Gasteiger partial charge on any atom is -0.355 e. The van der Waals surface area contributed by atoms with Gasteiger partial charge in [-0.15, -0.1) is 0 Å². The molecule has 0 aliphatic carbocycles. The minimum atomic E-state index is -0.0246. The Labute approximate surface area is 109 Å². The van der Waals surface area contributed by atoms with Crippen LogP contribution in [0.15, 0.2) is 6.07 Å². The van der Waals surface area contributed by atoms with Crippen molar-refractivity contribution in [3.05, 3.63) is 23.0 Å². The zero-order chi connectivity index (χ0) is 13.1. The maximum atomic E-state index is 11.6. The van der Waals surface area contributed by atoms with Crippen LogP contribution in [0.25, 0.3) is 0 Å². The van der Waals surface area contributed by atoms with Gasteiger partial charge in [-0.25, -0.2) is 0 Å². The lowest BCUT2D eigenvalue weighted by molar-refractivity contribution is -0.124. The minimum absolute atomic E-state index is 0.0246. The largest absolute Gasteiger partial charge is 0.355 e. The third-order valence-electron chi connectivity index (χ3n) is 3.82. The number of carbonyl (C=O) groups excluding carboxylic acids is 1. The second-order valence-electron chi connectivity index (χ2n) is 5.01. The van der Waals surface area contributed by atoms with Crippen molar-refractivity contribution >= 4 is 5.91 Å². The van der Waals surface area contributed by atoms with Gasteiger partial charge in [0.05, 0.1) is 6.04 Å². The highest BCUT2D eigenvalue weighted by Crippen LogP contribution is 2.15. The number of nitrogens with one attached hydrogen (secondary N) is 2. The Morgan fingerprint density at radius 1 is 1.50 bits per heavy atom. The second-order valence-corrected chi connectivity index (χ2v) is 5.01. The summed E-state index contributed by atoms with van der Waals surface area (Å²) in [7, 11) is 0. The van der Waals surface area contributed by atoms with E-state index in [1.54, 1.807) is 0 Å². The molecule has 0 aromatic carbocycles. The van der Waals surface area contributed by atoms with E-state index in [1.165, 1.54) is 17.0 Å². The van der Waals surface area contributed by atoms with Crippen LogP contribution in [-0.2, 0) is 17.9 Å². The van der Waals surface area contributed by atoms with Gasteiger partial charge in [-0.1, -0.05) is 0 Å². The van der Waals surface area contributed by atoms with Crippen LogP contribution in [0, 0.1) is 13.8 Å². The first-order chi connectivity index (χ1) is 8.63. The van der Waals surface area contributed by atoms with Crippen LogP contribution in [0.1, 0.15) is 36.7 Å². The smallest absolute Gasteiger partial charge is 0.237 e. The summed E-state index contributed by atoms with van der Waals surface area (Å²) in [6.07, 6.45) is 2.01. The number of hydrogen-bond donors (Lipinski definition) is 2. The quantitative estimate of drug-likeness (QED) is 0.849. The highest BCUT2D eigenvalue weighted by Gasteiger charge is 2.21. The van der Waals surface area contributed by atoms with Gasteiger partial charge in [-0.05, 0) is 45.2 Å². The molecule has 2 rings (SSSR count). The first-order valence-corrected chi connectivity index (χ1v) is 6.80. The zero-order valence-electron chi connectivity index (χ0n) is 11.5. The number of rotatable bonds is 4. The molecule has 1 fully saturated rings. The van der Waals surface area contributed by atoms with Gasteiger partial charge in [0, 0.05) is 31.0 Å². The third-order valence-corrected chi connectivity index (χ3v) is 3.82. The molecule has 1 aromatic rings.